The lowest BCUT2D eigenvalue weighted by Gasteiger charge is -2.32. The van der Waals surface area contributed by atoms with Crippen LogP contribution in [0, 0.1) is 11.8 Å². The smallest absolute Gasteiger partial charge is 0.408 e. The molecule has 1 saturated carbocycles. The zero-order chi connectivity index (χ0) is 24.0. The Balaban J connectivity index is 1.53. The maximum absolute atomic E-state index is 13.5. The molecule has 1 aliphatic heterocycles. The van der Waals surface area contributed by atoms with Crippen molar-refractivity contribution in [1.29, 1.82) is 0 Å². The van der Waals surface area contributed by atoms with Gasteiger partial charge in [0.1, 0.15) is 6.04 Å². The minimum absolute atomic E-state index is 0.00359. The van der Waals surface area contributed by atoms with Crippen LogP contribution in [0.25, 0.3) is 5.65 Å². The number of amides is 2. The van der Waals surface area contributed by atoms with Crippen LogP contribution < -0.4 is 10.6 Å². The summed E-state index contributed by atoms with van der Waals surface area (Å²) in [5.74, 6) is -4.70. The molecule has 3 N–H and O–H groups in total. The lowest BCUT2D eigenvalue weighted by molar-refractivity contribution is -0.154. The molecule has 0 bridgehead atoms. The van der Waals surface area contributed by atoms with Crippen LogP contribution in [0.2, 0.25) is 0 Å². The van der Waals surface area contributed by atoms with Crippen LogP contribution in [0.5, 0.6) is 0 Å². The molecule has 2 aliphatic rings. The number of halogens is 5. The minimum Gasteiger partial charge on any atom is -0.465 e. The predicted octanol–water partition coefficient (Wildman–Crippen LogP) is 3.47. The summed E-state index contributed by atoms with van der Waals surface area (Å²) < 4.78 is 67.1. The van der Waals surface area contributed by atoms with Crippen LogP contribution in [0.1, 0.15) is 49.5 Å². The summed E-state index contributed by atoms with van der Waals surface area (Å²) in [6.07, 6.45) is -5.17. The second kappa shape index (κ2) is 8.41. The van der Waals surface area contributed by atoms with Gasteiger partial charge >= 0.3 is 12.3 Å². The average Bonchev–Trinajstić information content (AvgIpc) is 3.29. The van der Waals surface area contributed by atoms with Crippen LogP contribution in [0.15, 0.2) is 18.3 Å². The molecule has 2 amide bonds. The topological polar surface area (TPSA) is 109 Å². The first-order valence-corrected chi connectivity index (χ1v) is 10.5. The van der Waals surface area contributed by atoms with Crippen molar-refractivity contribution in [2.75, 3.05) is 0 Å². The van der Waals surface area contributed by atoms with Gasteiger partial charge in [-0.25, -0.2) is 23.1 Å². The van der Waals surface area contributed by atoms with Crippen molar-refractivity contribution in [2.24, 2.45) is 11.8 Å². The minimum atomic E-state index is -4.52. The van der Waals surface area contributed by atoms with Gasteiger partial charge in [0.05, 0.1) is 23.6 Å². The largest absolute Gasteiger partial charge is 0.465 e. The van der Waals surface area contributed by atoms with E-state index in [9.17, 15) is 36.6 Å². The van der Waals surface area contributed by atoms with Gasteiger partial charge in [-0.2, -0.15) is 18.3 Å². The standard InChI is InChI=1S/C20H22F5N5O3/c21-19(22)5-3-10(4-6-19)16(28-18(32)33)13-9-30-15(26-13)2-1-12(29-30)7-11-8-14(20(23,24)25)27-17(11)31/h1-2,9-11,14,16,28H,3-8H2,(H,27,31)(H,32,33)/t11?,14-,16-/m0/s1. The van der Waals surface area contributed by atoms with Gasteiger partial charge in [-0.1, -0.05) is 0 Å². The number of imidazole rings is 1. The summed E-state index contributed by atoms with van der Waals surface area (Å²) >= 11 is 0. The molecule has 8 nitrogen and oxygen atoms in total. The summed E-state index contributed by atoms with van der Waals surface area (Å²) in [4.78, 5) is 27.6. The normalized spacial score (nSPS) is 24.6. The summed E-state index contributed by atoms with van der Waals surface area (Å²) in [6.45, 7) is 0. The third-order valence-electron chi connectivity index (χ3n) is 6.28. The molecule has 33 heavy (non-hydrogen) atoms. The van der Waals surface area contributed by atoms with E-state index >= 15 is 0 Å². The molecular weight excluding hydrogens is 453 g/mol. The Kier molecular flexibility index (Phi) is 5.91. The van der Waals surface area contributed by atoms with Gasteiger partial charge in [0.25, 0.3) is 0 Å². The quantitative estimate of drug-likeness (QED) is 0.574. The Labute approximate surface area is 184 Å². The van der Waals surface area contributed by atoms with Crippen LogP contribution in [-0.4, -0.2) is 49.8 Å². The molecule has 4 rings (SSSR count). The van der Waals surface area contributed by atoms with Crippen molar-refractivity contribution in [3.05, 3.63) is 29.7 Å². The van der Waals surface area contributed by atoms with E-state index in [1.807, 2.05) is 5.32 Å². The number of hydrogen-bond acceptors (Lipinski definition) is 4. The number of carboxylic acid groups (broad SMARTS) is 1. The van der Waals surface area contributed by atoms with E-state index in [0.717, 1.165) is 0 Å². The number of aromatic nitrogens is 3. The van der Waals surface area contributed by atoms with E-state index in [1.165, 1.54) is 10.7 Å². The molecule has 0 radical (unpaired) electrons. The van der Waals surface area contributed by atoms with E-state index in [-0.39, 0.29) is 44.4 Å². The number of carbonyl (C=O) groups excluding carboxylic acids is 1. The molecule has 2 aromatic heterocycles. The predicted molar refractivity (Wildman–Crippen MR) is 104 cm³/mol. The van der Waals surface area contributed by atoms with Gasteiger partial charge in [-0.3, -0.25) is 4.79 Å². The van der Waals surface area contributed by atoms with Crippen LogP contribution >= 0.6 is 0 Å². The number of alkyl halides is 5. The van der Waals surface area contributed by atoms with E-state index in [0.29, 0.717) is 17.0 Å². The van der Waals surface area contributed by atoms with Gasteiger partial charge < -0.3 is 15.7 Å². The second-order valence-corrected chi connectivity index (χ2v) is 8.65. The first-order chi connectivity index (χ1) is 15.4. The number of nitrogens with zero attached hydrogens (tertiary/aromatic N) is 3. The maximum atomic E-state index is 13.5. The van der Waals surface area contributed by atoms with Crippen molar-refractivity contribution in [3.63, 3.8) is 0 Å². The highest BCUT2D eigenvalue weighted by Gasteiger charge is 2.47. The van der Waals surface area contributed by atoms with E-state index in [4.69, 9.17) is 0 Å². The highest BCUT2D eigenvalue weighted by atomic mass is 19.4. The second-order valence-electron chi connectivity index (χ2n) is 8.65. The molecule has 3 atom stereocenters. The summed E-state index contributed by atoms with van der Waals surface area (Å²) in [7, 11) is 0. The zero-order valence-corrected chi connectivity index (χ0v) is 17.3. The Morgan fingerprint density at radius 3 is 2.61 bits per heavy atom. The number of rotatable bonds is 5. The number of fused-ring (bicyclic) bond motifs is 1. The summed E-state index contributed by atoms with van der Waals surface area (Å²) in [5.41, 5.74) is 1.04. The zero-order valence-electron chi connectivity index (χ0n) is 17.3. The van der Waals surface area contributed by atoms with Crippen LogP contribution in [0.4, 0.5) is 26.7 Å². The van der Waals surface area contributed by atoms with Crippen LogP contribution in [-0.2, 0) is 11.2 Å². The Hall–Kier alpha value is -2.99. The molecule has 1 aliphatic carbocycles. The number of nitrogens with one attached hydrogen (secondary N) is 2. The Morgan fingerprint density at radius 2 is 2.00 bits per heavy atom. The lowest BCUT2D eigenvalue weighted by atomic mass is 9.81. The number of carbonyl (C=O) groups is 2. The maximum Gasteiger partial charge on any atom is 0.408 e. The SMILES string of the molecule is O=C(O)N[C@H](c1cn2nc(CC3C[C@@H](C(F)(F)F)NC3=O)ccc2n1)C1CCC(F)(F)CC1. The molecule has 1 unspecified atom stereocenters. The van der Waals surface area contributed by atoms with Crippen LogP contribution in [0.3, 0.4) is 0 Å². The third-order valence-corrected chi connectivity index (χ3v) is 6.28. The first-order valence-electron chi connectivity index (χ1n) is 10.5. The molecule has 180 valence electrons. The molecule has 2 aromatic rings. The van der Waals surface area contributed by atoms with Crippen molar-refractivity contribution < 1.29 is 36.6 Å². The van der Waals surface area contributed by atoms with Gasteiger partial charge in [0.2, 0.25) is 11.8 Å². The fourth-order valence-corrected chi connectivity index (χ4v) is 4.54. The first kappa shape index (κ1) is 23.2. The average molecular weight is 475 g/mol. The third kappa shape index (κ3) is 5.17. The molecule has 13 heteroatoms. The van der Waals surface area contributed by atoms with Gasteiger partial charge in [-0.05, 0) is 37.3 Å². The van der Waals surface area contributed by atoms with Gasteiger partial charge in [0, 0.05) is 25.2 Å². The fraction of sp³-hybridized carbons (Fsp3) is 0.600. The summed E-state index contributed by atoms with van der Waals surface area (Å²) in [6, 6.07) is 0.412. The van der Waals surface area contributed by atoms with Crippen molar-refractivity contribution in [1.82, 2.24) is 25.2 Å². The molecule has 2 fully saturated rings. The highest BCUT2D eigenvalue weighted by Crippen LogP contribution is 2.41. The Bertz CT molecular complexity index is 1050. The van der Waals surface area contributed by atoms with E-state index in [1.54, 1.807) is 12.1 Å². The lowest BCUT2D eigenvalue weighted by Crippen LogP contribution is -2.38. The number of hydrogen-bond donors (Lipinski definition) is 3. The van der Waals surface area contributed by atoms with E-state index < -0.39 is 42.1 Å². The summed E-state index contributed by atoms with van der Waals surface area (Å²) in [5, 5.41) is 17.9. The fourth-order valence-electron chi connectivity index (χ4n) is 4.54. The van der Waals surface area contributed by atoms with Gasteiger partial charge in [0.15, 0.2) is 5.65 Å². The van der Waals surface area contributed by atoms with Crippen molar-refractivity contribution in [3.8, 4) is 0 Å². The molecule has 0 spiro atoms. The molecule has 0 aromatic carbocycles. The van der Waals surface area contributed by atoms with Crippen molar-refractivity contribution in [2.45, 2.75) is 62.7 Å². The highest BCUT2D eigenvalue weighted by molar-refractivity contribution is 5.81. The molecule has 1 saturated heterocycles. The molecule has 3 heterocycles. The monoisotopic (exact) mass is 475 g/mol. The van der Waals surface area contributed by atoms with Crippen molar-refractivity contribution >= 4 is 17.6 Å². The Morgan fingerprint density at radius 1 is 1.30 bits per heavy atom. The van der Waals surface area contributed by atoms with Gasteiger partial charge in [-0.15, -0.1) is 0 Å². The van der Waals surface area contributed by atoms with E-state index in [2.05, 4.69) is 15.4 Å². The molecular formula is C20H22F5N5O3.